The van der Waals surface area contributed by atoms with Gasteiger partial charge in [0, 0.05) is 37.6 Å². The molecule has 2 saturated heterocycles. The van der Waals surface area contributed by atoms with Gasteiger partial charge in [-0.05, 0) is 31.6 Å². The minimum Gasteiger partial charge on any atom is -0.338 e. The monoisotopic (exact) mass is 277 g/mol. The van der Waals surface area contributed by atoms with Gasteiger partial charge >= 0.3 is 0 Å². The zero-order chi connectivity index (χ0) is 14.1. The van der Waals surface area contributed by atoms with Gasteiger partial charge in [0.05, 0.1) is 0 Å². The maximum absolute atomic E-state index is 12.3. The third kappa shape index (κ3) is 2.58. The average Bonchev–Trinajstić information content (AvgIpc) is 3.07. The van der Waals surface area contributed by atoms with Crippen molar-refractivity contribution in [3.63, 3.8) is 0 Å². The summed E-state index contributed by atoms with van der Waals surface area (Å²) >= 11 is 0. The molecule has 0 saturated carbocycles. The number of rotatable bonds is 2. The Balaban J connectivity index is 1.57. The molecule has 3 heterocycles. The van der Waals surface area contributed by atoms with Gasteiger partial charge in [0.25, 0.3) is 5.91 Å². The van der Waals surface area contributed by atoms with E-state index in [1.807, 2.05) is 11.8 Å². The number of aryl methyl sites for hydroxylation is 1. The highest BCUT2D eigenvalue weighted by Crippen LogP contribution is 2.26. The van der Waals surface area contributed by atoms with Crippen molar-refractivity contribution < 1.29 is 4.79 Å². The summed E-state index contributed by atoms with van der Waals surface area (Å²) in [5, 5.41) is 0. The summed E-state index contributed by atoms with van der Waals surface area (Å²) in [6, 6.07) is 0.540. The van der Waals surface area contributed by atoms with Crippen LogP contribution in [-0.4, -0.2) is 46.5 Å². The maximum Gasteiger partial charge on any atom is 0.289 e. The Morgan fingerprint density at radius 2 is 2.15 bits per heavy atom. The van der Waals surface area contributed by atoms with E-state index in [1.165, 1.54) is 0 Å². The molecule has 2 atom stereocenters. The average molecular weight is 277 g/mol. The number of imidazole rings is 1. The number of H-pyrrole nitrogens is 1. The highest BCUT2D eigenvalue weighted by Gasteiger charge is 2.34. The Morgan fingerprint density at radius 3 is 2.70 bits per heavy atom. The standard InChI is InChI=1S/C14H23N5O/c1-9-7-16-18-12(9)11-3-5-19(6-4-11)14(20)13-15-8-10(2)17-13/h8-9,11-12,16,18H,3-7H2,1-2H3,(H,15,17). The van der Waals surface area contributed by atoms with Crippen molar-refractivity contribution in [2.45, 2.75) is 32.7 Å². The smallest absolute Gasteiger partial charge is 0.289 e. The first-order valence-electron chi connectivity index (χ1n) is 7.44. The molecule has 20 heavy (non-hydrogen) atoms. The fourth-order valence-electron chi connectivity index (χ4n) is 3.32. The zero-order valence-electron chi connectivity index (χ0n) is 12.1. The number of aromatic nitrogens is 2. The molecule has 2 aliphatic heterocycles. The molecular formula is C14H23N5O. The zero-order valence-corrected chi connectivity index (χ0v) is 12.1. The largest absolute Gasteiger partial charge is 0.338 e. The summed E-state index contributed by atoms with van der Waals surface area (Å²) in [5.74, 6) is 1.81. The van der Waals surface area contributed by atoms with E-state index in [1.54, 1.807) is 6.20 Å². The fraction of sp³-hybridized carbons (Fsp3) is 0.714. The Hall–Kier alpha value is -1.40. The third-order valence-electron chi connectivity index (χ3n) is 4.55. The van der Waals surface area contributed by atoms with E-state index >= 15 is 0 Å². The quantitative estimate of drug-likeness (QED) is 0.743. The van der Waals surface area contributed by atoms with Gasteiger partial charge in [0.2, 0.25) is 0 Å². The summed E-state index contributed by atoms with van der Waals surface area (Å²) in [6.45, 7) is 6.88. The normalized spacial score (nSPS) is 28.0. The second-order valence-corrected chi connectivity index (χ2v) is 6.07. The van der Waals surface area contributed by atoms with Gasteiger partial charge in [0.15, 0.2) is 5.82 Å². The highest BCUT2D eigenvalue weighted by molar-refractivity contribution is 5.90. The molecule has 6 heteroatoms. The first kappa shape index (κ1) is 13.6. The van der Waals surface area contributed by atoms with Crippen molar-refractivity contribution in [1.29, 1.82) is 0 Å². The van der Waals surface area contributed by atoms with Crippen LogP contribution in [0.5, 0.6) is 0 Å². The van der Waals surface area contributed by atoms with Gasteiger partial charge in [-0.25, -0.2) is 4.98 Å². The van der Waals surface area contributed by atoms with Gasteiger partial charge < -0.3 is 9.88 Å². The molecule has 1 aromatic heterocycles. The number of amides is 1. The molecule has 1 amide bonds. The molecule has 3 rings (SSSR count). The van der Waals surface area contributed by atoms with Crippen LogP contribution < -0.4 is 10.9 Å². The number of carbonyl (C=O) groups excluding carboxylic acids is 1. The predicted molar refractivity (Wildman–Crippen MR) is 76.0 cm³/mol. The second kappa shape index (κ2) is 5.54. The van der Waals surface area contributed by atoms with E-state index in [2.05, 4.69) is 27.7 Å². The van der Waals surface area contributed by atoms with E-state index in [0.29, 0.717) is 23.7 Å². The van der Waals surface area contributed by atoms with Crippen LogP contribution in [0.1, 0.15) is 36.1 Å². The van der Waals surface area contributed by atoms with Crippen LogP contribution in [0.2, 0.25) is 0 Å². The molecular weight excluding hydrogens is 254 g/mol. The van der Waals surface area contributed by atoms with Gasteiger partial charge in [-0.15, -0.1) is 0 Å². The van der Waals surface area contributed by atoms with Crippen LogP contribution in [0.3, 0.4) is 0 Å². The lowest BCUT2D eigenvalue weighted by Crippen LogP contribution is -2.46. The molecule has 0 bridgehead atoms. The van der Waals surface area contributed by atoms with Crippen molar-refractivity contribution >= 4 is 5.91 Å². The molecule has 2 fully saturated rings. The molecule has 6 nitrogen and oxygen atoms in total. The first-order valence-corrected chi connectivity index (χ1v) is 7.44. The minimum atomic E-state index is 0.0297. The van der Waals surface area contributed by atoms with Crippen LogP contribution in [0.15, 0.2) is 6.20 Å². The van der Waals surface area contributed by atoms with Gasteiger partial charge in [0.1, 0.15) is 0 Å². The number of nitrogens with zero attached hydrogens (tertiary/aromatic N) is 2. The van der Waals surface area contributed by atoms with Crippen molar-refractivity contribution in [2.75, 3.05) is 19.6 Å². The van der Waals surface area contributed by atoms with Crippen molar-refractivity contribution in [3.05, 3.63) is 17.7 Å². The molecule has 0 aliphatic carbocycles. The van der Waals surface area contributed by atoms with E-state index in [-0.39, 0.29) is 5.91 Å². The maximum atomic E-state index is 12.3. The summed E-state index contributed by atoms with van der Waals surface area (Å²) in [6.07, 6.45) is 3.83. The van der Waals surface area contributed by atoms with E-state index in [0.717, 1.165) is 38.2 Å². The lowest BCUT2D eigenvalue weighted by molar-refractivity contribution is 0.0654. The number of nitrogens with one attached hydrogen (secondary N) is 3. The third-order valence-corrected chi connectivity index (χ3v) is 4.55. The van der Waals surface area contributed by atoms with Crippen molar-refractivity contribution in [2.24, 2.45) is 11.8 Å². The molecule has 0 radical (unpaired) electrons. The van der Waals surface area contributed by atoms with E-state index in [9.17, 15) is 4.79 Å². The molecule has 110 valence electrons. The Kier molecular flexibility index (Phi) is 3.76. The van der Waals surface area contributed by atoms with Crippen molar-refractivity contribution in [1.82, 2.24) is 25.7 Å². The minimum absolute atomic E-state index is 0.0297. The SMILES string of the molecule is Cc1cnc(C(=O)N2CCC(C3NNCC3C)CC2)[nH]1. The number of likely N-dealkylation sites (tertiary alicyclic amines) is 1. The molecule has 2 unspecified atom stereocenters. The van der Waals surface area contributed by atoms with Crippen LogP contribution in [-0.2, 0) is 0 Å². The summed E-state index contributed by atoms with van der Waals surface area (Å²) in [7, 11) is 0. The summed E-state index contributed by atoms with van der Waals surface area (Å²) in [5.41, 5.74) is 7.55. The molecule has 3 N–H and O–H groups in total. The van der Waals surface area contributed by atoms with Crippen LogP contribution in [0, 0.1) is 18.8 Å². The van der Waals surface area contributed by atoms with Crippen LogP contribution in [0.25, 0.3) is 0 Å². The molecule has 0 spiro atoms. The summed E-state index contributed by atoms with van der Waals surface area (Å²) in [4.78, 5) is 21.4. The number of aromatic amines is 1. The highest BCUT2D eigenvalue weighted by atomic mass is 16.2. The van der Waals surface area contributed by atoms with E-state index < -0.39 is 0 Å². The number of carbonyl (C=O) groups is 1. The van der Waals surface area contributed by atoms with Gasteiger partial charge in [-0.1, -0.05) is 6.92 Å². The lowest BCUT2D eigenvalue weighted by Gasteiger charge is -2.35. The van der Waals surface area contributed by atoms with Crippen LogP contribution >= 0.6 is 0 Å². The fourth-order valence-corrected chi connectivity index (χ4v) is 3.32. The number of hydrogen-bond acceptors (Lipinski definition) is 4. The van der Waals surface area contributed by atoms with Crippen LogP contribution in [0.4, 0.5) is 0 Å². The number of piperidine rings is 1. The van der Waals surface area contributed by atoms with Crippen molar-refractivity contribution in [3.8, 4) is 0 Å². The Bertz CT molecular complexity index is 478. The Labute approximate surface area is 119 Å². The summed E-state index contributed by atoms with van der Waals surface area (Å²) < 4.78 is 0. The second-order valence-electron chi connectivity index (χ2n) is 6.07. The Morgan fingerprint density at radius 1 is 1.40 bits per heavy atom. The number of hydrazine groups is 1. The van der Waals surface area contributed by atoms with Gasteiger partial charge in [-0.3, -0.25) is 15.6 Å². The molecule has 0 aromatic carbocycles. The number of hydrogen-bond donors (Lipinski definition) is 3. The predicted octanol–water partition coefficient (Wildman–Crippen LogP) is 0.683. The topological polar surface area (TPSA) is 73.1 Å². The lowest BCUT2D eigenvalue weighted by atomic mass is 9.84. The molecule has 2 aliphatic rings. The molecule has 1 aromatic rings. The van der Waals surface area contributed by atoms with E-state index in [4.69, 9.17) is 0 Å². The first-order chi connectivity index (χ1) is 9.65. The van der Waals surface area contributed by atoms with Gasteiger partial charge in [-0.2, -0.15) is 0 Å².